The van der Waals surface area contributed by atoms with Gasteiger partial charge in [0.1, 0.15) is 5.82 Å². The van der Waals surface area contributed by atoms with Gasteiger partial charge in [0.2, 0.25) is 0 Å². The zero-order valence-corrected chi connectivity index (χ0v) is 10.7. The minimum Gasteiger partial charge on any atom is -0.326 e. The molecule has 0 bridgehead atoms. The first-order valence-corrected chi connectivity index (χ1v) is 6.39. The standard InChI is InChI=1S/C13H18ClFN2/c1-8-5-10(14)9(6-11(8)15)7-17-13-4-2-3-12(13)16/h5-6,12-13,17H,2-4,7,16H2,1H3. The van der Waals surface area contributed by atoms with Crippen molar-refractivity contribution in [3.8, 4) is 0 Å². The van der Waals surface area contributed by atoms with E-state index in [-0.39, 0.29) is 11.9 Å². The van der Waals surface area contributed by atoms with Crippen LogP contribution in [0.4, 0.5) is 4.39 Å². The molecule has 4 heteroatoms. The minimum absolute atomic E-state index is 0.207. The summed E-state index contributed by atoms with van der Waals surface area (Å²) in [6.07, 6.45) is 3.32. The van der Waals surface area contributed by atoms with Crippen molar-refractivity contribution in [3.63, 3.8) is 0 Å². The van der Waals surface area contributed by atoms with Gasteiger partial charge >= 0.3 is 0 Å². The SMILES string of the molecule is Cc1cc(Cl)c(CNC2CCCC2N)cc1F. The van der Waals surface area contributed by atoms with Gasteiger partial charge in [-0.2, -0.15) is 0 Å². The van der Waals surface area contributed by atoms with Gasteiger partial charge in [-0.15, -0.1) is 0 Å². The third kappa shape index (κ3) is 2.97. The first-order chi connectivity index (χ1) is 8.08. The van der Waals surface area contributed by atoms with Gasteiger partial charge in [0.25, 0.3) is 0 Å². The largest absolute Gasteiger partial charge is 0.326 e. The Kier molecular flexibility index (Phi) is 4.02. The Labute approximate surface area is 106 Å². The highest BCUT2D eigenvalue weighted by Gasteiger charge is 2.23. The van der Waals surface area contributed by atoms with E-state index in [4.69, 9.17) is 17.3 Å². The van der Waals surface area contributed by atoms with E-state index in [1.165, 1.54) is 6.07 Å². The van der Waals surface area contributed by atoms with Crippen LogP contribution in [0.25, 0.3) is 0 Å². The summed E-state index contributed by atoms with van der Waals surface area (Å²) in [6, 6.07) is 3.72. The number of nitrogens with one attached hydrogen (secondary N) is 1. The maximum Gasteiger partial charge on any atom is 0.126 e. The maximum atomic E-state index is 13.4. The molecule has 2 atom stereocenters. The summed E-state index contributed by atoms with van der Waals surface area (Å²) in [6.45, 7) is 2.29. The second-order valence-electron chi connectivity index (χ2n) is 4.77. The topological polar surface area (TPSA) is 38.0 Å². The Balaban J connectivity index is 2.01. The van der Waals surface area contributed by atoms with Crippen LogP contribution in [0.1, 0.15) is 30.4 Å². The van der Waals surface area contributed by atoms with Crippen molar-refractivity contribution in [2.45, 2.75) is 44.8 Å². The quantitative estimate of drug-likeness (QED) is 0.873. The van der Waals surface area contributed by atoms with Crippen LogP contribution in [-0.2, 0) is 6.54 Å². The Bertz CT molecular complexity index is 409. The highest BCUT2D eigenvalue weighted by Crippen LogP contribution is 2.22. The number of benzene rings is 1. The molecule has 0 saturated heterocycles. The van der Waals surface area contributed by atoms with Gasteiger partial charge in [0, 0.05) is 23.7 Å². The molecule has 1 aliphatic carbocycles. The molecule has 2 rings (SSSR count). The summed E-state index contributed by atoms with van der Waals surface area (Å²) < 4.78 is 13.4. The van der Waals surface area contributed by atoms with Crippen LogP contribution in [0, 0.1) is 12.7 Å². The summed E-state index contributed by atoms with van der Waals surface area (Å²) >= 11 is 6.09. The summed E-state index contributed by atoms with van der Waals surface area (Å²) in [5, 5.41) is 3.97. The van der Waals surface area contributed by atoms with Crippen molar-refractivity contribution in [2.24, 2.45) is 5.73 Å². The van der Waals surface area contributed by atoms with Gasteiger partial charge in [-0.3, -0.25) is 0 Å². The number of hydrogen-bond acceptors (Lipinski definition) is 2. The third-order valence-electron chi connectivity index (χ3n) is 3.45. The Hall–Kier alpha value is -0.640. The van der Waals surface area contributed by atoms with Crippen LogP contribution in [0.15, 0.2) is 12.1 Å². The molecule has 1 aromatic carbocycles. The molecule has 1 aromatic rings. The number of aryl methyl sites for hydroxylation is 1. The lowest BCUT2D eigenvalue weighted by Gasteiger charge is -2.18. The summed E-state index contributed by atoms with van der Waals surface area (Å²) in [7, 11) is 0. The summed E-state index contributed by atoms with van der Waals surface area (Å²) in [5.74, 6) is -0.207. The molecular formula is C13H18ClFN2. The lowest BCUT2D eigenvalue weighted by Crippen LogP contribution is -2.40. The van der Waals surface area contributed by atoms with Crippen molar-refractivity contribution < 1.29 is 4.39 Å². The van der Waals surface area contributed by atoms with E-state index in [0.717, 1.165) is 24.8 Å². The summed E-state index contributed by atoms with van der Waals surface area (Å²) in [4.78, 5) is 0. The van der Waals surface area contributed by atoms with Gasteiger partial charge in [-0.1, -0.05) is 18.0 Å². The second-order valence-corrected chi connectivity index (χ2v) is 5.18. The molecule has 0 amide bonds. The zero-order valence-electron chi connectivity index (χ0n) is 9.97. The van der Waals surface area contributed by atoms with Crippen molar-refractivity contribution in [1.29, 1.82) is 0 Å². The zero-order chi connectivity index (χ0) is 12.4. The van der Waals surface area contributed by atoms with Crippen LogP contribution >= 0.6 is 11.6 Å². The Morgan fingerprint density at radius 1 is 1.47 bits per heavy atom. The lowest BCUT2D eigenvalue weighted by molar-refractivity contribution is 0.474. The normalized spacial score (nSPS) is 24.2. The van der Waals surface area contributed by atoms with E-state index >= 15 is 0 Å². The molecule has 94 valence electrons. The predicted octanol–water partition coefficient (Wildman–Crippen LogP) is 2.76. The highest BCUT2D eigenvalue weighted by atomic mass is 35.5. The smallest absolute Gasteiger partial charge is 0.126 e. The second kappa shape index (κ2) is 5.34. The fraction of sp³-hybridized carbons (Fsp3) is 0.538. The molecule has 0 spiro atoms. The molecule has 0 heterocycles. The molecule has 1 fully saturated rings. The van der Waals surface area contributed by atoms with Crippen LogP contribution in [0.3, 0.4) is 0 Å². The van der Waals surface area contributed by atoms with E-state index in [9.17, 15) is 4.39 Å². The molecule has 1 aliphatic rings. The average Bonchev–Trinajstić information content (AvgIpc) is 2.68. The molecule has 0 radical (unpaired) electrons. The minimum atomic E-state index is -0.207. The molecule has 3 N–H and O–H groups in total. The Morgan fingerprint density at radius 2 is 2.24 bits per heavy atom. The first kappa shape index (κ1) is 12.8. The molecule has 2 unspecified atom stereocenters. The van der Waals surface area contributed by atoms with Crippen LogP contribution in [0.2, 0.25) is 5.02 Å². The maximum absolute atomic E-state index is 13.4. The average molecular weight is 257 g/mol. The van der Waals surface area contributed by atoms with Crippen LogP contribution < -0.4 is 11.1 Å². The van der Waals surface area contributed by atoms with Gasteiger partial charge in [-0.05, 0) is 43.0 Å². The van der Waals surface area contributed by atoms with E-state index in [1.54, 1.807) is 13.0 Å². The van der Waals surface area contributed by atoms with Gasteiger partial charge < -0.3 is 11.1 Å². The first-order valence-electron chi connectivity index (χ1n) is 6.01. The van der Waals surface area contributed by atoms with E-state index in [1.807, 2.05) is 0 Å². The van der Waals surface area contributed by atoms with Crippen molar-refractivity contribution in [3.05, 3.63) is 34.1 Å². The van der Waals surface area contributed by atoms with E-state index < -0.39 is 0 Å². The lowest BCUT2D eigenvalue weighted by atomic mass is 10.1. The fourth-order valence-electron chi connectivity index (χ4n) is 2.31. The van der Waals surface area contributed by atoms with Crippen molar-refractivity contribution in [2.75, 3.05) is 0 Å². The molecule has 1 saturated carbocycles. The molecule has 2 nitrogen and oxygen atoms in total. The van der Waals surface area contributed by atoms with Crippen molar-refractivity contribution >= 4 is 11.6 Å². The number of halogens is 2. The van der Waals surface area contributed by atoms with E-state index in [0.29, 0.717) is 23.2 Å². The number of rotatable bonds is 3. The molecular weight excluding hydrogens is 239 g/mol. The van der Waals surface area contributed by atoms with Gasteiger partial charge in [0.15, 0.2) is 0 Å². The van der Waals surface area contributed by atoms with Gasteiger partial charge in [-0.25, -0.2) is 4.39 Å². The van der Waals surface area contributed by atoms with Gasteiger partial charge in [0.05, 0.1) is 0 Å². The van der Waals surface area contributed by atoms with Crippen LogP contribution in [0.5, 0.6) is 0 Å². The third-order valence-corrected chi connectivity index (χ3v) is 3.80. The number of hydrogen-bond donors (Lipinski definition) is 2. The number of nitrogens with two attached hydrogens (primary N) is 1. The molecule has 0 aliphatic heterocycles. The fourth-order valence-corrected chi connectivity index (χ4v) is 2.59. The molecule has 0 aromatic heterocycles. The van der Waals surface area contributed by atoms with Crippen LogP contribution in [-0.4, -0.2) is 12.1 Å². The Morgan fingerprint density at radius 3 is 2.88 bits per heavy atom. The predicted molar refractivity (Wildman–Crippen MR) is 68.6 cm³/mol. The van der Waals surface area contributed by atoms with E-state index in [2.05, 4.69) is 5.32 Å². The monoisotopic (exact) mass is 256 g/mol. The molecule has 17 heavy (non-hydrogen) atoms. The van der Waals surface area contributed by atoms with Crippen molar-refractivity contribution in [1.82, 2.24) is 5.32 Å². The highest BCUT2D eigenvalue weighted by molar-refractivity contribution is 6.31. The summed E-state index contributed by atoms with van der Waals surface area (Å²) in [5.41, 5.74) is 7.35.